The SMILES string of the molecule is CCOc1ccc(C(C)NC(=O)N2CCN(c3nc(C)cc(Nc4cc(C)[nH]n4)n3)CC2)cn1. The Morgan fingerprint density at radius 3 is 2.59 bits per heavy atom. The van der Waals surface area contributed by atoms with Crippen LogP contribution >= 0.6 is 0 Å². The van der Waals surface area contributed by atoms with Crippen LogP contribution in [0.5, 0.6) is 5.88 Å². The van der Waals surface area contributed by atoms with Gasteiger partial charge in [-0.15, -0.1) is 0 Å². The van der Waals surface area contributed by atoms with Crippen LogP contribution in [0, 0.1) is 13.8 Å². The Kier molecular flexibility index (Phi) is 7.09. The summed E-state index contributed by atoms with van der Waals surface area (Å²) in [6.45, 7) is 10.8. The lowest BCUT2D eigenvalue weighted by atomic mass is 10.1. The molecule has 34 heavy (non-hydrogen) atoms. The van der Waals surface area contributed by atoms with Crippen molar-refractivity contribution < 1.29 is 9.53 Å². The average Bonchev–Trinajstić information content (AvgIpc) is 3.23. The molecule has 180 valence electrons. The van der Waals surface area contributed by atoms with Gasteiger partial charge in [0.15, 0.2) is 5.82 Å². The number of ether oxygens (including phenoxy) is 1. The number of urea groups is 1. The second-order valence-corrected chi connectivity index (χ2v) is 8.26. The summed E-state index contributed by atoms with van der Waals surface area (Å²) in [6.07, 6.45) is 1.74. The molecule has 2 amide bonds. The molecular formula is C23H31N9O2. The topological polar surface area (TPSA) is 124 Å². The summed E-state index contributed by atoms with van der Waals surface area (Å²) < 4.78 is 5.38. The smallest absolute Gasteiger partial charge is 0.317 e. The number of pyridine rings is 1. The van der Waals surface area contributed by atoms with E-state index in [0.29, 0.717) is 56.2 Å². The van der Waals surface area contributed by atoms with Crippen LogP contribution < -0.4 is 20.3 Å². The summed E-state index contributed by atoms with van der Waals surface area (Å²) in [5.41, 5.74) is 2.75. The summed E-state index contributed by atoms with van der Waals surface area (Å²) in [7, 11) is 0. The maximum atomic E-state index is 12.8. The average molecular weight is 466 g/mol. The van der Waals surface area contributed by atoms with Crippen molar-refractivity contribution in [1.29, 1.82) is 0 Å². The van der Waals surface area contributed by atoms with Crippen molar-refractivity contribution in [2.75, 3.05) is 43.0 Å². The Morgan fingerprint density at radius 1 is 1.15 bits per heavy atom. The van der Waals surface area contributed by atoms with Gasteiger partial charge in [-0.3, -0.25) is 5.10 Å². The third-order valence-corrected chi connectivity index (χ3v) is 5.55. The molecule has 1 saturated heterocycles. The van der Waals surface area contributed by atoms with E-state index in [0.717, 1.165) is 17.0 Å². The number of aromatic nitrogens is 5. The van der Waals surface area contributed by atoms with Gasteiger partial charge in [0.25, 0.3) is 0 Å². The minimum atomic E-state index is -0.159. The molecule has 4 rings (SSSR count). The number of carbonyl (C=O) groups is 1. The second-order valence-electron chi connectivity index (χ2n) is 8.26. The predicted molar refractivity (Wildman–Crippen MR) is 130 cm³/mol. The van der Waals surface area contributed by atoms with E-state index in [1.807, 2.05) is 56.9 Å². The highest BCUT2D eigenvalue weighted by Crippen LogP contribution is 2.20. The maximum absolute atomic E-state index is 12.8. The van der Waals surface area contributed by atoms with Crippen molar-refractivity contribution >= 4 is 23.6 Å². The Morgan fingerprint density at radius 2 is 1.94 bits per heavy atom. The molecule has 1 unspecified atom stereocenters. The standard InChI is InChI=1S/C23H31N9O2/c1-5-34-21-7-6-18(14-24-21)17(4)26-23(33)32-10-8-31(9-11-32)22-25-15(2)12-19(28-22)27-20-13-16(3)29-30-20/h6-7,12-14,17H,5,8-11H2,1-4H3,(H,26,33)(H2,25,27,28,29,30). The number of aromatic amines is 1. The van der Waals surface area contributed by atoms with E-state index in [2.05, 4.69) is 40.7 Å². The number of anilines is 3. The van der Waals surface area contributed by atoms with Crippen molar-refractivity contribution in [1.82, 2.24) is 35.4 Å². The third kappa shape index (κ3) is 5.72. The van der Waals surface area contributed by atoms with Crippen LogP contribution in [-0.4, -0.2) is 68.9 Å². The summed E-state index contributed by atoms with van der Waals surface area (Å²) in [4.78, 5) is 30.2. The number of H-pyrrole nitrogens is 1. The quantitative estimate of drug-likeness (QED) is 0.487. The number of hydrogen-bond acceptors (Lipinski definition) is 8. The van der Waals surface area contributed by atoms with Gasteiger partial charge in [-0.1, -0.05) is 6.07 Å². The van der Waals surface area contributed by atoms with Gasteiger partial charge in [0.2, 0.25) is 11.8 Å². The Labute approximate surface area is 199 Å². The lowest BCUT2D eigenvalue weighted by molar-refractivity contribution is 0.191. The molecule has 1 atom stereocenters. The fourth-order valence-corrected chi connectivity index (χ4v) is 3.72. The van der Waals surface area contributed by atoms with Crippen molar-refractivity contribution in [3.05, 3.63) is 47.4 Å². The number of nitrogens with zero attached hydrogens (tertiary/aromatic N) is 6. The van der Waals surface area contributed by atoms with Gasteiger partial charge in [0.1, 0.15) is 5.82 Å². The number of hydrogen-bond donors (Lipinski definition) is 3. The van der Waals surface area contributed by atoms with Crippen molar-refractivity contribution in [3.63, 3.8) is 0 Å². The van der Waals surface area contributed by atoms with Gasteiger partial charge in [0.05, 0.1) is 12.6 Å². The third-order valence-electron chi connectivity index (χ3n) is 5.55. The lowest BCUT2D eigenvalue weighted by Gasteiger charge is -2.35. The molecule has 0 radical (unpaired) electrons. The van der Waals surface area contributed by atoms with Crippen LogP contribution in [0.1, 0.15) is 36.8 Å². The first-order valence-electron chi connectivity index (χ1n) is 11.4. The highest BCUT2D eigenvalue weighted by molar-refractivity contribution is 5.75. The number of amides is 2. The van der Waals surface area contributed by atoms with Crippen LogP contribution in [-0.2, 0) is 0 Å². The van der Waals surface area contributed by atoms with Crippen LogP contribution in [0.3, 0.4) is 0 Å². The van der Waals surface area contributed by atoms with Crippen molar-refractivity contribution in [2.24, 2.45) is 0 Å². The molecule has 11 heteroatoms. The molecular weight excluding hydrogens is 434 g/mol. The normalized spacial score (nSPS) is 14.6. The molecule has 0 bridgehead atoms. The highest BCUT2D eigenvalue weighted by Gasteiger charge is 2.24. The van der Waals surface area contributed by atoms with Crippen LogP contribution in [0.15, 0.2) is 30.5 Å². The largest absolute Gasteiger partial charge is 0.478 e. The van der Waals surface area contributed by atoms with Crippen molar-refractivity contribution in [2.45, 2.75) is 33.7 Å². The monoisotopic (exact) mass is 465 g/mol. The minimum absolute atomic E-state index is 0.0950. The lowest BCUT2D eigenvalue weighted by Crippen LogP contribution is -2.52. The summed E-state index contributed by atoms with van der Waals surface area (Å²) in [5, 5.41) is 13.4. The number of nitrogens with one attached hydrogen (secondary N) is 3. The van der Waals surface area contributed by atoms with Crippen LogP contribution in [0.25, 0.3) is 0 Å². The van der Waals surface area contributed by atoms with Gasteiger partial charge in [-0.2, -0.15) is 10.1 Å². The zero-order valence-electron chi connectivity index (χ0n) is 20.0. The highest BCUT2D eigenvalue weighted by atomic mass is 16.5. The van der Waals surface area contributed by atoms with Gasteiger partial charge in [0, 0.05) is 62.0 Å². The summed E-state index contributed by atoms with van der Waals surface area (Å²) in [6, 6.07) is 7.29. The molecule has 0 aliphatic carbocycles. The molecule has 0 aromatic carbocycles. The predicted octanol–water partition coefficient (Wildman–Crippen LogP) is 2.95. The number of piperazine rings is 1. The molecule has 3 N–H and O–H groups in total. The minimum Gasteiger partial charge on any atom is -0.478 e. The van der Waals surface area contributed by atoms with E-state index in [4.69, 9.17) is 4.74 Å². The Bertz CT molecular complexity index is 1110. The molecule has 1 aliphatic rings. The number of rotatable bonds is 7. The summed E-state index contributed by atoms with van der Waals surface area (Å²) >= 11 is 0. The first-order valence-corrected chi connectivity index (χ1v) is 11.4. The summed E-state index contributed by atoms with van der Waals surface area (Å²) in [5.74, 6) is 2.62. The molecule has 3 aromatic heterocycles. The first-order chi connectivity index (χ1) is 16.4. The van der Waals surface area contributed by atoms with E-state index < -0.39 is 0 Å². The van der Waals surface area contributed by atoms with E-state index in [1.165, 1.54) is 0 Å². The molecule has 11 nitrogen and oxygen atoms in total. The second kappa shape index (κ2) is 10.4. The number of aryl methyl sites for hydroxylation is 2. The fourth-order valence-electron chi connectivity index (χ4n) is 3.72. The van der Waals surface area contributed by atoms with Crippen LogP contribution in [0.4, 0.5) is 22.4 Å². The van der Waals surface area contributed by atoms with Crippen LogP contribution in [0.2, 0.25) is 0 Å². The Balaban J connectivity index is 1.32. The van der Waals surface area contributed by atoms with Gasteiger partial charge in [-0.25, -0.2) is 14.8 Å². The molecule has 0 spiro atoms. The molecule has 3 aromatic rings. The first kappa shape index (κ1) is 23.3. The van der Waals surface area contributed by atoms with Gasteiger partial charge in [-0.05, 0) is 33.3 Å². The van der Waals surface area contributed by atoms with E-state index in [1.54, 1.807) is 6.20 Å². The van der Waals surface area contributed by atoms with Gasteiger partial charge >= 0.3 is 6.03 Å². The van der Waals surface area contributed by atoms with E-state index in [9.17, 15) is 4.79 Å². The molecule has 1 aliphatic heterocycles. The van der Waals surface area contributed by atoms with Crippen molar-refractivity contribution in [3.8, 4) is 5.88 Å². The van der Waals surface area contributed by atoms with Gasteiger partial charge < -0.3 is 25.2 Å². The molecule has 4 heterocycles. The molecule has 1 fully saturated rings. The number of carbonyl (C=O) groups excluding carboxylic acids is 1. The van der Waals surface area contributed by atoms with E-state index >= 15 is 0 Å². The fraction of sp³-hybridized carbons (Fsp3) is 0.435. The zero-order chi connectivity index (χ0) is 24.1. The maximum Gasteiger partial charge on any atom is 0.317 e. The Hall–Kier alpha value is -3.89. The zero-order valence-corrected chi connectivity index (χ0v) is 20.0. The van der Waals surface area contributed by atoms with E-state index in [-0.39, 0.29) is 12.1 Å². The molecule has 0 saturated carbocycles.